The minimum absolute atomic E-state index is 0.0492. The zero-order valence-corrected chi connectivity index (χ0v) is 15.3. The van der Waals surface area contributed by atoms with Crippen LogP contribution in [0.1, 0.15) is 32.6 Å². The maximum atomic E-state index is 12.8. The van der Waals surface area contributed by atoms with Gasteiger partial charge < -0.3 is 10.6 Å². The van der Waals surface area contributed by atoms with Crippen molar-refractivity contribution in [2.45, 2.75) is 38.1 Å². The lowest BCUT2D eigenvalue weighted by Gasteiger charge is -2.36. The molecule has 25 heavy (non-hydrogen) atoms. The van der Waals surface area contributed by atoms with Crippen molar-refractivity contribution in [2.24, 2.45) is 5.92 Å². The van der Waals surface area contributed by atoms with Crippen LogP contribution in [-0.2, 0) is 9.59 Å². The molecule has 1 saturated carbocycles. The van der Waals surface area contributed by atoms with Gasteiger partial charge in [-0.05, 0) is 37.0 Å². The van der Waals surface area contributed by atoms with Crippen molar-refractivity contribution in [3.63, 3.8) is 0 Å². The Morgan fingerprint density at radius 3 is 2.84 bits per heavy atom. The Hall–Kier alpha value is -1.79. The van der Waals surface area contributed by atoms with Gasteiger partial charge in [-0.15, -0.1) is 0 Å². The molecule has 1 aromatic rings. The second kappa shape index (κ2) is 6.84. The zero-order valence-electron chi connectivity index (χ0n) is 13.8. The van der Waals surface area contributed by atoms with E-state index in [4.69, 9.17) is 23.2 Å². The summed E-state index contributed by atoms with van der Waals surface area (Å²) in [7, 11) is 0. The number of imide groups is 1. The van der Waals surface area contributed by atoms with Crippen LogP contribution in [0, 0.1) is 5.92 Å². The van der Waals surface area contributed by atoms with E-state index in [9.17, 15) is 14.4 Å². The molecule has 6 nitrogen and oxygen atoms in total. The second-order valence-electron chi connectivity index (χ2n) is 6.61. The van der Waals surface area contributed by atoms with Gasteiger partial charge in [0, 0.05) is 5.02 Å². The van der Waals surface area contributed by atoms with Crippen LogP contribution in [0.3, 0.4) is 0 Å². The lowest BCUT2D eigenvalue weighted by molar-refractivity contribution is -0.136. The average Bonchev–Trinajstić information content (AvgIpc) is 2.79. The lowest BCUT2D eigenvalue weighted by atomic mass is 9.73. The summed E-state index contributed by atoms with van der Waals surface area (Å²) in [5.74, 6) is -0.779. The highest BCUT2D eigenvalue weighted by Gasteiger charge is 2.55. The number of carbonyl (C=O) groups excluding carboxylic acids is 3. The summed E-state index contributed by atoms with van der Waals surface area (Å²) in [5.41, 5.74) is -0.532. The van der Waals surface area contributed by atoms with Crippen LogP contribution in [0.25, 0.3) is 0 Å². The van der Waals surface area contributed by atoms with E-state index in [1.165, 1.54) is 6.07 Å². The molecule has 3 rings (SSSR count). The normalized spacial score (nSPS) is 26.0. The third kappa shape index (κ3) is 3.33. The van der Waals surface area contributed by atoms with Crippen molar-refractivity contribution in [3.05, 3.63) is 28.2 Å². The first-order valence-electron chi connectivity index (χ1n) is 8.22. The monoisotopic (exact) mass is 383 g/mol. The molecule has 2 fully saturated rings. The third-order valence-corrected chi connectivity index (χ3v) is 5.57. The Labute approximate surface area is 155 Å². The molecule has 134 valence electrons. The Morgan fingerprint density at radius 1 is 1.36 bits per heavy atom. The van der Waals surface area contributed by atoms with Crippen LogP contribution < -0.4 is 10.6 Å². The molecule has 2 atom stereocenters. The quantitative estimate of drug-likeness (QED) is 0.784. The van der Waals surface area contributed by atoms with E-state index in [1.807, 2.05) is 6.92 Å². The van der Waals surface area contributed by atoms with Gasteiger partial charge in [0.05, 0.1) is 10.7 Å². The van der Waals surface area contributed by atoms with Gasteiger partial charge in [-0.25, -0.2) is 4.79 Å². The maximum Gasteiger partial charge on any atom is 0.325 e. The van der Waals surface area contributed by atoms with Gasteiger partial charge in [0.25, 0.3) is 5.91 Å². The smallest absolute Gasteiger partial charge is 0.323 e. The predicted octanol–water partition coefficient (Wildman–Crippen LogP) is 3.43. The minimum Gasteiger partial charge on any atom is -0.323 e. The Kier molecular flexibility index (Phi) is 4.93. The average molecular weight is 384 g/mol. The molecule has 1 aliphatic heterocycles. The SMILES string of the molecule is C[C@@H]1CCCC[C@@]12NC(=O)N(CC(=O)Nc1cc(Cl)ccc1Cl)C2=O. The first-order chi connectivity index (χ1) is 11.8. The number of anilines is 1. The number of benzene rings is 1. The molecule has 2 aliphatic rings. The van der Waals surface area contributed by atoms with Crippen LogP contribution in [0.5, 0.6) is 0 Å². The fourth-order valence-electron chi connectivity index (χ4n) is 3.57. The van der Waals surface area contributed by atoms with E-state index in [-0.39, 0.29) is 18.4 Å². The number of amides is 4. The predicted molar refractivity (Wildman–Crippen MR) is 95.7 cm³/mol. The first kappa shape index (κ1) is 18.0. The van der Waals surface area contributed by atoms with Gasteiger partial charge >= 0.3 is 6.03 Å². The molecule has 2 N–H and O–H groups in total. The van der Waals surface area contributed by atoms with Crippen LogP contribution in [-0.4, -0.2) is 34.8 Å². The van der Waals surface area contributed by atoms with Crippen molar-refractivity contribution >= 4 is 46.7 Å². The number of rotatable bonds is 3. The molecule has 0 unspecified atom stereocenters. The standard InChI is InChI=1S/C17H19Cl2N3O3/c1-10-4-2-3-7-17(10)15(24)22(16(25)21-17)9-14(23)20-13-8-11(18)5-6-12(13)19/h5-6,8,10H,2-4,7,9H2,1H3,(H,20,23)(H,21,25)/t10-,17-/m1/s1. The summed E-state index contributed by atoms with van der Waals surface area (Å²) in [4.78, 5) is 38.4. The highest BCUT2D eigenvalue weighted by atomic mass is 35.5. The topological polar surface area (TPSA) is 78.5 Å². The summed E-state index contributed by atoms with van der Waals surface area (Å²) >= 11 is 11.9. The fourth-order valence-corrected chi connectivity index (χ4v) is 3.90. The number of halogens is 2. The van der Waals surface area contributed by atoms with Crippen molar-refractivity contribution in [1.29, 1.82) is 0 Å². The highest BCUT2D eigenvalue weighted by Crippen LogP contribution is 2.38. The molecule has 0 aromatic heterocycles. The van der Waals surface area contributed by atoms with Crippen molar-refractivity contribution in [3.8, 4) is 0 Å². The van der Waals surface area contributed by atoms with Gasteiger partial charge in [-0.1, -0.05) is 43.0 Å². The Morgan fingerprint density at radius 2 is 2.12 bits per heavy atom. The van der Waals surface area contributed by atoms with Crippen LogP contribution in [0.15, 0.2) is 18.2 Å². The van der Waals surface area contributed by atoms with E-state index < -0.39 is 17.5 Å². The molecule has 1 saturated heterocycles. The number of hydrogen-bond donors (Lipinski definition) is 2. The molecule has 1 aromatic carbocycles. The second-order valence-corrected chi connectivity index (χ2v) is 7.46. The maximum absolute atomic E-state index is 12.8. The Balaban J connectivity index is 1.72. The van der Waals surface area contributed by atoms with E-state index >= 15 is 0 Å². The minimum atomic E-state index is -0.872. The number of hydrogen-bond acceptors (Lipinski definition) is 3. The van der Waals surface area contributed by atoms with Crippen LogP contribution in [0.2, 0.25) is 10.0 Å². The number of urea groups is 1. The molecule has 0 bridgehead atoms. The van der Waals surface area contributed by atoms with Crippen molar-refractivity contribution in [1.82, 2.24) is 10.2 Å². The summed E-state index contributed by atoms with van der Waals surface area (Å²) in [6, 6.07) is 4.15. The van der Waals surface area contributed by atoms with Gasteiger partial charge in [0.15, 0.2) is 0 Å². The molecular formula is C17H19Cl2N3O3. The van der Waals surface area contributed by atoms with Crippen molar-refractivity contribution < 1.29 is 14.4 Å². The van der Waals surface area contributed by atoms with Gasteiger partial charge in [-0.2, -0.15) is 0 Å². The number of nitrogens with one attached hydrogen (secondary N) is 2. The van der Waals surface area contributed by atoms with Crippen LogP contribution in [0.4, 0.5) is 10.5 Å². The van der Waals surface area contributed by atoms with E-state index in [1.54, 1.807) is 12.1 Å². The lowest BCUT2D eigenvalue weighted by Crippen LogP contribution is -2.54. The van der Waals surface area contributed by atoms with Gasteiger partial charge in [0.1, 0.15) is 12.1 Å². The largest absolute Gasteiger partial charge is 0.325 e. The van der Waals surface area contributed by atoms with E-state index in [2.05, 4.69) is 10.6 Å². The molecule has 4 amide bonds. The van der Waals surface area contributed by atoms with Crippen LogP contribution >= 0.6 is 23.2 Å². The van der Waals surface area contributed by atoms with E-state index in [0.29, 0.717) is 22.2 Å². The van der Waals surface area contributed by atoms with Gasteiger partial charge in [-0.3, -0.25) is 14.5 Å². The molecule has 8 heteroatoms. The van der Waals surface area contributed by atoms with Gasteiger partial charge in [0.2, 0.25) is 5.91 Å². The van der Waals surface area contributed by atoms with Crippen molar-refractivity contribution in [2.75, 3.05) is 11.9 Å². The molecular weight excluding hydrogens is 365 g/mol. The van der Waals surface area contributed by atoms with E-state index in [0.717, 1.165) is 24.2 Å². The fraction of sp³-hybridized carbons (Fsp3) is 0.471. The number of nitrogens with zero attached hydrogens (tertiary/aromatic N) is 1. The molecule has 0 radical (unpaired) electrons. The summed E-state index contributed by atoms with van der Waals surface area (Å²) in [6.45, 7) is 1.61. The first-order valence-corrected chi connectivity index (χ1v) is 8.98. The Bertz CT molecular complexity index is 740. The summed E-state index contributed by atoms with van der Waals surface area (Å²) in [5, 5.41) is 6.16. The highest BCUT2D eigenvalue weighted by molar-refractivity contribution is 6.35. The molecule has 1 aliphatic carbocycles. The molecule has 1 heterocycles. The third-order valence-electron chi connectivity index (χ3n) is 5.01. The number of carbonyl (C=O) groups is 3. The zero-order chi connectivity index (χ0) is 18.2. The summed E-state index contributed by atoms with van der Waals surface area (Å²) in [6.07, 6.45) is 3.41. The summed E-state index contributed by atoms with van der Waals surface area (Å²) < 4.78 is 0. The molecule has 1 spiro atoms.